The smallest absolute Gasteiger partial charge is 0.310 e. The zero-order valence-corrected chi connectivity index (χ0v) is 8.67. The Kier molecular flexibility index (Phi) is 3.01. The van der Waals surface area contributed by atoms with Gasteiger partial charge in [-0.25, -0.2) is 0 Å². The summed E-state index contributed by atoms with van der Waals surface area (Å²) in [5, 5.41) is 18.4. The lowest BCUT2D eigenvalue weighted by Gasteiger charge is -2.09. The van der Waals surface area contributed by atoms with Gasteiger partial charge in [0.2, 0.25) is 0 Å². The fourth-order valence-corrected chi connectivity index (χ4v) is 1.28. The third-order valence-electron chi connectivity index (χ3n) is 2.13. The molecule has 4 heteroatoms. The highest BCUT2D eigenvalue weighted by molar-refractivity contribution is 6.32. The summed E-state index contributed by atoms with van der Waals surface area (Å²) in [6, 6.07) is 3.05. The lowest BCUT2D eigenvalue weighted by atomic mass is 9.99. The van der Waals surface area contributed by atoms with Gasteiger partial charge in [0, 0.05) is 0 Å². The summed E-state index contributed by atoms with van der Waals surface area (Å²) in [6.07, 6.45) is 0. The van der Waals surface area contributed by atoms with E-state index in [0.29, 0.717) is 11.1 Å². The van der Waals surface area contributed by atoms with Crippen molar-refractivity contribution in [2.45, 2.75) is 19.8 Å². The zero-order valence-electron chi connectivity index (χ0n) is 7.91. The predicted molar refractivity (Wildman–Crippen MR) is 53.9 cm³/mol. The van der Waals surface area contributed by atoms with Crippen LogP contribution < -0.4 is 0 Å². The molecule has 0 radical (unpaired) electrons. The van der Waals surface area contributed by atoms with Gasteiger partial charge in [0.1, 0.15) is 5.75 Å². The van der Waals surface area contributed by atoms with E-state index in [-0.39, 0.29) is 10.8 Å². The Morgan fingerprint density at radius 1 is 1.50 bits per heavy atom. The Balaban J connectivity index is 3.19. The molecule has 0 aliphatic carbocycles. The summed E-state index contributed by atoms with van der Waals surface area (Å²) in [6.45, 7) is 3.28. The minimum Gasteiger partial charge on any atom is -0.506 e. The van der Waals surface area contributed by atoms with Crippen LogP contribution in [-0.2, 0) is 4.79 Å². The first-order valence-electron chi connectivity index (χ1n) is 4.15. The quantitative estimate of drug-likeness (QED) is 0.796. The van der Waals surface area contributed by atoms with Crippen molar-refractivity contribution in [2.24, 2.45) is 0 Å². The van der Waals surface area contributed by atoms with E-state index < -0.39 is 11.9 Å². The Hall–Kier alpha value is -1.22. The van der Waals surface area contributed by atoms with E-state index in [2.05, 4.69) is 0 Å². The number of carbonyl (C=O) groups is 1. The average molecular weight is 215 g/mol. The summed E-state index contributed by atoms with van der Waals surface area (Å²) in [5.41, 5.74) is 1.23. The molecular weight excluding hydrogens is 204 g/mol. The van der Waals surface area contributed by atoms with Crippen molar-refractivity contribution in [2.75, 3.05) is 0 Å². The molecule has 1 atom stereocenters. The maximum absolute atomic E-state index is 10.7. The molecule has 0 heterocycles. The van der Waals surface area contributed by atoms with Gasteiger partial charge in [0.25, 0.3) is 0 Å². The molecule has 0 spiro atoms. The van der Waals surface area contributed by atoms with Crippen molar-refractivity contribution in [3.05, 3.63) is 28.3 Å². The maximum atomic E-state index is 10.7. The lowest BCUT2D eigenvalue weighted by Crippen LogP contribution is -2.07. The van der Waals surface area contributed by atoms with Crippen LogP contribution in [0.5, 0.6) is 5.75 Å². The minimum atomic E-state index is -0.925. The van der Waals surface area contributed by atoms with Gasteiger partial charge >= 0.3 is 5.97 Å². The average Bonchev–Trinajstić information content (AvgIpc) is 2.12. The third kappa shape index (κ3) is 1.99. The van der Waals surface area contributed by atoms with Crippen molar-refractivity contribution in [3.8, 4) is 5.75 Å². The molecule has 0 aliphatic heterocycles. The summed E-state index contributed by atoms with van der Waals surface area (Å²) in [5.74, 6) is -1.64. The van der Waals surface area contributed by atoms with Gasteiger partial charge in [-0.15, -0.1) is 0 Å². The Labute approximate surface area is 86.9 Å². The fraction of sp³-hybridized carbons (Fsp3) is 0.300. The molecule has 0 aromatic heterocycles. The number of aromatic hydroxyl groups is 1. The Morgan fingerprint density at radius 3 is 2.50 bits per heavy atom. The number of benzene rings is 1. The largest absolute Gasteiger partial charge is 0.506 e. The van der Waals surface area contributed by atoms with Crippen LogP contribution in [0.4, 0.5) is 0 Å². The molecule has 1 aromatic rings. The SMILES string of the molecule is Cc1cc(C(C)C(=O)O)cc(O)c1Cl. The molecule has 76 valence electrons. The number of aryl methyl sites for hydroxylation is 1. The van der Waals surface area contributed by atoms with Gasteiger partial charge < -0.3 is 10.2 Å². The van der Waals surface area contributed by atoms with E-state index in [1.54, 1.807) is 19.9 Å². The summed E-state index contributed by atoms with van der Waals surface area (Å²) in [7, 11) is 0. The van der Waals surface area contributed by atoms with Gasteiger partial charge in [-0.2, -0.15) is 0 Å². The van der Waals surface area contributed by atoms with Crippen molar-refractivity contribution in [1.82, 2.24) is 0 Å². The number of phenolic OH excluding ortho intramolecular Hbond substituents is 1. The van der Waals surface area contributed by atoms with E-state index in [1.165, 1.54) is 6.07 Å². The fourth-order valence-electron chi connectivity index (χ4n) is 1.17. The summed E-state index contributed by atoms with van der Waals surface area (Å²) < 4.78 is 0. The van der Waals surface area contributed by atoms with Gasteiger partial charge in [-0.3, -0.25) is 4.79 Å². The number of phenols is 1. The molecule has 0 saturated heterocycles. The first-order valence-corrected chi connectivity index (χ1v) is 4.53. The number of carboxylic acid groups (broad SMARTS) is 1. The Bertz CT molecular complexity index is 351. The van der Waals surface area contributed by atoms with Crippen molar-refractivity contribution < 1.29 is 15.0 Å². The second kappa shape index (κ2) is 3.88. The van der Waals surface area contributed by atoms with Crippen LogP contribution in [0.25, 0.3) is 0 Å². The molecule has 3 nitrogen and oxygen atoms in total. The minimum absolute atomic E-state index is 0.0743. The molecular formula is C10H11ClO3. The monoisotopic (exact) mass is 214 g/mol. The maximum Gasteiger partial charge on any atom is 0.310 e. The molecule has 0 bridgehead atoms. The highest BCUT2D eigenvalue weighted by Gasteiger charge is 2.16. The summed E-state index contributed by atoms with van der Waals surface area (Å²) in [4.78, 5) is 10.7. The molecule has 0 aliphatic rings. The molecule has 2 N–H and O–H groups in total. The second-order valence-electron chi connectivity index (χ2n) is 3.23. The predicted octanol–water partition coefficient (Wildman–Crippen LogP) is 2.54. The van der Waals surface area contributed by atoms with Crippen LogP contribution in [0.2, 0.25) is 5.02 Å². The molecule has 0 amide bonds. The van der Waals surface area contributed by atoms with Crippen LogP contribution >= 0.6 is 11.6 Å². The second-order valence-corrected chi connectivity index (χ2v) is 3.61. The van der Waals surface area contributed by atoms with Crippen LogP contribution in [-0.4, -0.2) is 16.2 Å². The molecule has 0 saturated carbocycles. The highest BCUT2D eigenvalue weighted by Crippen LogP contribution is 2.31. The number of rotatable bonds is 2. The molecule has 14 heavy (non-hydrogen) atoms. The van der Waals surface area contributed by atoms with Crippen molar-refractivity contribution in [3.63, 3.8) is 0 Å². The zero-order chi connectivity index (χ0) is 10.9. The first kappa shape index (κ1) is 10.9. The Morgan fingerprint density at radius 2 is 2.07 bits per heavy atom. The molecule has 0 fully saturated rings. The van der Waals surface area contributed by atoms with Crippen LogP contribution in [0.15, 0.2) is 12.1 Å². The van der Waals surface area contributed by atoms with Gasteiger partial charge in [-0.05, 0) is 31.0 Å². The van der Waals surface area contributed by atoms with E-state index in [1.807, 2.05) is 0 Å². The number of halogens is 1. The number of hydrogen-bond acceptors (Lipinski definition) is 2. The number of carboxylic acids is 1. The van der Waals surface area contributed by atoms with Gasteiger partial charge in [-0.1, -0.05) is 17.7 Å². The van der Waals surface area contributed by atoms with Gasteiger partial charge in [0.05, 0.1) is 10.9 Å². The molecule has 1 aromatic carbocycles. The molecule has 1 rings (SSSR count). The number of hydrogen-bond donors (Lipinski definition) is 2. The van der Waals surface area contributed by atoms with E-state index >= 15 is 0 Å². The van der Waals surface area contributed by atoms with Crippen molar-refractivity contribution in [1.29, 1.82) is 0 Å². The first-order chi connectivity index (χ1) is 6.43. The van der Waals surface area contributed by atoms with Crippen LogP contribution in [0.1, 0.15) is 24.0 Å². The lowest BCUT2D eigenvalue weighted by molar-refractivity contribution is -0.138. The van der Waals surface area contributed by atoms with E-state index in [4.69, 9.17) is 16.7 Å². The van der Waals surface area contributed by atoms with E-state index in [9.17, 15) is 9.90 Å². The highest BCUT2D eigenvalue weighted by atomic mass is 35.5. The number of aliphatic carboxylic acids is 1. The van der Waals surface area contributed by atoms with Crippen molar-refractivity contribution >= 4 is 17.6 Å². The summed E-state index contributed by atoms with van der Waals surface area (Å²) >= 11 is 5.74. The third-order valence-corrected chi connectivity index (χ3v) is 2.62. The van der Waals surface area contributed by atoms with Crippen LogP contribution in [0.3, 0.4) is 0 Å². The topological polar surface area (TPSA) is 57.5 Å². The van der Waals surface area contributed by atoms with Gasteiger partial charge in [0.15, 0.2) is 0 Å². The molecule has 1 unspecified atom stereocenters. The van der Waals surface area contributed by atoms with E-state index in [0.717, 1.165) is 0 Å². The normalized spacial score (nSPS) is 12.5. The van der Waals surface area contributed by atoms with Crippen LogP contribution in [0, 0.1) is 6.92 Å². The standard InChI is InChI=1S/C10H11ClO3/c1-5-3-7(6(2)10(13)14)4-8(12)9(5)11/h3-4,6,12H,1-2H3,(H,13,14).